The molecule has 0 radical (unpaired) electrons. The second kappa shape index (κ2) is 4.66. The van der Waals surface area contributed by atoms with Gasteiger partial charge in [0.25, 0.3) is 0 Å². The molecule has 2 N–H and O–H groups in total. The Kier molecular flexibility index (Phi) is 3.51. The molecule has 2 heteroatoms. The van der Waals surface area contributed by atoms with E-state index in [-0.39, 0.29) is 0 Å². The lowest BCUT2D eigenvalue weighted by Crippen LogP contribution is -2.17. The molecule has 2 nitrogen and oxygen atoms in total. The molecule has 13 heavy (non-hydrogen) atoms. The first-order valence-corrected chi connectivity index (χ1v) is 4.17. The van der Waals surface area contributed by atoms with Gasteiger partial charge in [0.05, 0.1) is 6.10 Å². The van der Waals surface area contributed by atoms with Gasteiger partial charge in [0.15, 0.2) is 0 Å². The topological polar surface area (TPSA) is 32.3 Å². The number of aliphatic hydroxyl groups is 1. The van der Waals surface area contributed by atoms with Crippen molar-refractivity contribution in [3.63, 3.8) is 0 Å². The van der Waals surface area contributed by atoms with Gasteiger partial charge in [0, 0.05) is 12.1 Å². The van der Waals surface area contributed by atoms with Crippen molar-refractivity contribution >= 4 is 0 Å². The van der Waals surface area contributed by atoms with Crippen LogP contribution in [-0.2, 0) is 0 Å². The molecule has 0 aliphatic heterocycles. The summed E-state index contributed by atoms with van der Waals surface area (Å²) in [6.07, 6.45) is 4.77. The van der Waals surface area contributed by atoms with E-state index in [1.807, 2.05) is 24.3 Å². The number of rotatable bonds is 3. The van der Waals surface area contributed by atoms with Crippen LogP contribution in [0.3, 0.4) is 0 Å². The van der Waals surface area contributed by atoms with Gasteiger partial charge in [-0.1, -0.05) is 24.1 Å². The lowest BCUT2D eigenvalue weighted by atomic mass is 10.0. The third-order valence-corrected chi connectivity index (χ3v) is 1.87. The Balaban J connectivity index is 2.93. The number of hydrogen-bond donors (Lipinski definition) is 2. The van der Waals surface area contributed by atoms with Crippen LogP contribution >= 0.6 is 0 Å². The minimum absolute atomic E-state index is 0.513. The minimum Gasteiger partial charge on any atom is -0.387 e. The monoisotopic (exact) mass is 175 g/mol. The van der Waals surface area contributed by atoms with E-state index in [1.165, 1.54) is 0 Å². The van der Waals surface area contributed by atoms with Crippen LogP contribution in [0.4, 0.5) is 0 Å². The minimum atomic E-state index is -0.530. The number of aliphatic hydroxyl groups excluding tert-OH is 1. The molecule has 1 rings (SSSR count). The number of benzene rings is 1. The Morgan fingerprint density at radius 3 is 2.85 bits per heavy atom. The molecular weight excluding hydrogens is 162 g/mol. The second-order valence-electron chi connectivity index (χ2n) is 2.81. The Labute approximate surface area is 78.6 Å². The first-order valence-electron chi connectivity index (χ1n) is 4.17. The van der Waals surface area contributed by atoms with Crippen LogP contribution in [-0.4, -0.2) is 18.7 Å². The molecule has 0 bridgehead atoms. The van der Waals surface area contributed by atoms with Gasteiger partial charge in [-0.15, -0.1) is 6.42 Å². The molecular formula is C11H13NO. The summed E-state index contributed by atoms with van der Waals surface area (Å²) in [5.74, 6) is 2.55. The maximum Gasteiger partial charge on any atom is 0.0926 e. The van der Waals surface area contributed by atoms with Crippen molar-refractivity contribution in [2.24, 2.45) is 0 Å². The Morgan fingerprint density at radius 1 is 1.54 bits per heavy atom. The Morgan fingerprint density at radius 2 is 2.23 bits per heavy atom. The maximum absolute atomic E-state index is 9.67. The van der Waals surface area contributed by atoms with Gasteiger partial charge in [0.2, 0.25) is 0 Å². The Hall–Kier alpha value is -1.30. The lowest BCUT2D eigenvalue weighted by molar-refractivity contribution is 0.177. The Bertz CT molecular complexity index is 314. The molecule has 1 unspecified atom stereocenters. The maximum atomic E-state index is 9.67. The molecule has 0 aromatic heterocycles. The summed E-state index contributed by atoms with van der Waals surface area (Å²) in [7, 11) is 1.79. The van der Waals surface area contributed by atoms with E-state index in [4.69, 9.17) is 6.42 Å². The van der Waals surface area contributed by atoms with E-state index in [2.05, 4.69) is 11.2 Å². The van der Waals surface area contributed by atoms with Crippen LogP contribution in [0, 0.1) is 12.3 Å². The van der Waals surface area contributed by atoms with Crippen LogP contribution in [0.1, 0.15) is 17.2 Å². The smallest absolute Gasteiger partial charge is 0.0926 e. The first-order chi connectivity index (χ1) is 6.29. The van der Waals surface area contributed by atoms with Crippen molar-refractivity contribution in [3.05, 3.63) is 35.4 Å². The van der Waals surface area contributed by atoms with E-state index < -0.39 is 6.10 Å². The zero-order chi connectivity index (χ0) is 9.68. The van der Waals surface area contributed by atoms with Crippen LogP contribution in [0.15, 0.2) is 24.3 Å². The van der Waals surface area contributed by atoms with Crippen molar-refractivity contribution in [3.8, 4) is 12.3 Å². The third-order valence-electron chi connectivity index (χ3n) is 1.87. The van der Waals surface area contributed by atoms with Gasteiger partial charge >= 0.3 is 0 Å². The van der Waals surface area contributed by atoms with Crippen LogP contribution in [0.2, 0.25) is 0 Å². The van der Waals surface area contributed by atoms with Crippen LogP contribution in [0.25, 0.3) is 0 Å². The first kappa shape index (κ1) is 9.79. The van der Waals surface area contributed by atoms with Crippen molar-refractivity contribution < 1.29 is 5.11 Å². The predicted octanol–water partition coefficient (Wildman–Crippen LogP) is 0.921. The molecule has 0 saturated heterocycles. The zero-order valence-electron chi connectivity index (χ0n) is 7.62. The van der Waals surface area contributed by atoms with Crippen LogP contribution < -0.4 is 5.32 Å². The second-order valence-corrected chi connectivity index (χ2v) is 2.81. The van der Waals surface area contributed by atoms with Crippen LogP contribution in [0.5, 0.6) is 0 Å². The third kappa shape index (κ3) is 2.32. The van der Waals surface area contributed by atoms with Crippen molar-refractivity contribution in [1.29, 1.82) is 0 Å². The molecule has 1 atom stereocenters. The summed E-state index contributed by atoms with van der Waals surface area (Å²) in [5.41, 5.74) is 1.56. The number of likely N-dealkylation sites (N-methyl/N-ethyl adjacent to an activating group) is 1. The molecule has 1 aromatic carbocycles. The van der Waals surface area contributed by atoms with E-state index in [0.717, 1.165) is 11.1 Å². The number of terminal acetylenes is 1. The molecule has 1 aromatic rings. The highest BCUT2D eigenvalue weighted by Crippen LogP contribution is 2.15. The van der Waals surface area contributed by atoms with E-state index in [0.29, 0.717) is 6.54 Å². The van der Waals surface area contributed by atoms with Gasteiger partial charge in [-0.25, -0.2) is 0 Å². The fourth-order valence-corrected chi connectivity index (χ4v) is 1.22. The molecule has 0 amide bonds. The SMILES string of the molecule is C#Cc1ccccc1C(O)CNC. The summed E-state index contributed by atoms with van der Waals surface area (Å²) < 4.78 is 0. The fourth-order valence-electron chi connectivity index (χ4n) is 1.22. The quantitative estimate of drug-likeness (QED) is 0.669. The fraction of sp³-hybridized carbons (Fsp3) is 0.273. The number of nitrogens with one attached hydrogen (secondary N) is 1. The molecule has 68 valence electrons. The molecule has 0 aliphatic rings. The van der Waals surface area contributed by atoms with Gasteiger partial charge in [-0.2, -0.15) is 0 Å². The number of hydrogen-bond acceptors (Lipinski definition) is 2. The highest BCUT2D eigenvalue weighted by atomic mass is 16.3. The van der Waals surface area contributed by atoms with Crippen molar-refractivity contribution in [1.82, 2.24) is 5.32 Å². The standard InChI is InChI=1S/C11H13NO/c1-3-9-6-4-5-7-10(9)11(13)8-12-2/h1,4-7,11-13H,8H2,2H3. The molecule has 0 spiro atoms. The summed E-state index contributed by atoms with van der Waals surface area (Å²) >= 11 is 0. The van der Waals surface area contributed by atoms with Gasteiger partial charge in [-0.05, 0) is 18.7 Å². The zero-order valence-corrected chi connectivity index (χ0v) is 7.62. The predicted molar refractivity (Wildman–Crippen MR) is 53.3 cm³/mol. The van der Waals surface area contributed by atoms with Gasteiger partial charge in [0.1, 0.15) is 0 Å². The lowest BCUT2D eigenvalue weighted by Gasteiger charge is -2.11. The highest BCUT2D eigenvalue weighted by molar-refractivity contribution is 5.41. The van der Waals surface area contributed by atoms with Gasteiger partial charge in [-0.3, -0.25) is 0 Å². The summed E-state index contributed by atoms with van der Waals surface area (Å²) in [6.45, 7) is 0.513. The average molecular weight is 175 g/mol. The average Bonchev–Trinajstić information content (AvgIpc) is 2.18. The molecule has 0 aliphatic carbocycles. The summed E-state index contributed by atoms with van der Waals surface area (Å²) in [4.78, 5) is 0. The normalized spacial score (nSPS) is 12.1. The van der Waals surface area contributed by atoms with E-state index in [9.17, 15) is 5.11 Å². The summed E-state index contributed by atoms with van der Waals surface area (Å²) in [6, 6.07) is 7.41. The molecule has 0 saturated carbocycles. The van der Waals surface area contributed by atoms with Gasteiger partial charge < -0.3 is 10.4 Å². The van der Waals surface area contributed by atoms with E-state index >= 15 is 0 Å². The van der Waals surface area contributed by atoms with Crippen molar-refractivity contribution in [2.75, 3.05) is 13.6 Å². The molecule has 0 fully saturated rings. The van der Waals surface area contributed by atoms with Crippen molar-refractivity contribution in [2.45, 2.75) is 6.10 Å². The van der Waals surface area contributed by atoms with E-state index in [1.54, 1.807) is 7.05 Å². The molecule has 0 heterocycles. The summed E-state index contributed by atoms with van der Waals surface area (Å²) in [5, 5.41) is 12.6. The largest absolute Gasteiger partial charge is 0.387 e. The highest BCUT2D eigenvalue weighted by Gasteiger charge is 2.08.